The standard InChI is InChI=1S/C22H23FN4O4S/c1-3-4-5-10-31-21-19(27(28)29)11-15(12-20(21)30-2)13-24-26-22-25-18(14-32-22)16-6-8-17(23)9-7-16/h6-9,11-14H,3-5,10H2,1-2H3,(H,25,26)/b24-13-. The first-order chi connectivity index (χ1) is 15.5. The van der Waals surface area contributed by atoms with Crippen LogP contribution in [0.25, 0.3) is 11.3 Å². The van der Waals surface area contributed by atoms with Crippen LogP contribution < -0.4 is 14.9 Å². The van der Waals surface area contributed by atoms with E-state index >= 15 is 0 Å². The molecule has 168 valence electrons. The molecular formula is C22H23FN4O4S. The number of thiazole rings is 1. The van der Waals surface area contributed by atoms with Crippen molar-refractivity contribution in [3.63, 3.8) is 0 Å². The van der Waals surface area contributed by atoms with E-state index in [0.29, 0.717) is 23.0 Å². The molecule has 1 N–H and O–H groups in total. The number of methoxy groups -OCH3 is 1. The average molecular weight is 459 g/mol. The zero-order chi connectivity index (χ0) is 22.9. The number of aromatic nitrogens is 1. The van der Waals surface area contributed by atoms with Gasteiger partial charge in [-0.3, -0.25) is 15.5 Å². The SMILES string of the molecule is CCCCCOc1c(OC)cc(/C=N\Nc2nc(-c3ccc(F)cc3)cs2)cc1[N+](=O)[O-]. The van der Waals surface area contributed by atoms with Crippen molar-refractivity contribution in [1.82, 2.24) is 4.98 Å². The summed E-state index contributed by atoms with van der Waals surface area (Å²) in [5.41, 5.74) is 4.57. The predicted octanol–water partition coefficient (Wildman–Crippen LogP) is 5.88. The van der Waals surface area contributed by atoms with Gasteiger partial charge in [0.1, 0.15) is 5.82 Å². The van der Waals surface area contributed by atoms with Gasteiger partial charge in [-0.2, -0.15) is 5.10 Å². The number of hydrazone groups is 1. The largest absolute Gasteiger partial charge is 0.493 e. The molecule has 0 aliphatic rings. The highest BCUT2D eigenvalue weighted by Gasteiger charge is 2.22. The molecule has 3 rings (SSSR count). The van der Waals surface area contributed by atoms with Gasteiger partial charge in [0.05, 0.1) is 30.5 Å². The molecule has 0 spiro atoms. The molecule has 0 radical (unpaired) electrons. The van der Waals surface area contributed by atoms with E-state index < -0.39 is 4.92 Å². The van der Waals surface area contributed by atoms with E-state index in [0.717, 1.165) is 24.8 Å². The van der Waals surface area contributed by atoms with Crippen LogP contribution >= 0.6 is 11.3 Å². The first-order valence-corrected chi connectivity index (χ1v) is 10.9. The Labute approximate surface area is 188 Å². The lowest BCUT2D eigenvalue weighted by Gasteiger charge is -2.11. The normalized spacial score (nSPS) is 11.0. The van der Waals surface area contributed by atoms with Crippen molar-refractivity contribution in [2.24, 2.45) is 5.10 Å². The Morgan fingerprint density at radius 2 is 2.06 bits per heavy atom. The number of nitrogens with zero attached hydrogens (tertiary/aromatic N) is 3. The quantitative estimate of drug-likeness (QED) is 0.167. The monoisotopic (exact) mass is 458 g/mol. The summed E-state index contributed by atoms with van der Waals surface area (Å²) >= 11 is 1.33. The van der Waals surface area contributed by atoms with Gasteiger partial charge in [0, 0.05) is 22.6 Å². The smallest absolute Gasteiger partial charge is 0.315 e. The first-order valence-electron chi connectivity index (χ1n) is 10.0. The fourth-order valence-electron chi connectivity index (χ4n) is 2.88. The molecule has 0 amide bonds. The number of ether oxygens (including phenoxy) is 2. The summed E-state index contributed by atoms with van der Waals surface area (Å²) in [5, 5.41) is 18.0. The van der Waals surface area contributed by atoms with E-state index in [1.165, 1.54) is 42.9 Å². The summed E-state index contributed by atoms with van der Waals surface area (Å²) in [5.74, 6) is 0.0707. The third-order valence-electron chi connectivity index (χ3n) is 4.49. The lowest BCUT2D eigenvalue weighted by Crippen LogP contribution is -2.04. The number of anilines is 1. The highest BCUT2D eigenvalue weighted by atomic mass is 32.1. The third-order valence-corrected chi connectivity index (χ3v) is 5.23. The minimum absolute atomic E-state index is 0.113. The van der Waals surface area contributed by atoms with Gasteiger partial charge in [0.2, 0.25) is 10.9 Å². The van der Waals surface area contributed by atoms with E-state index in [1.807, 2.05) is 5.38 Å². The molecule has 1 heterocycles. The van der Waals surface area contributed by atoms with Crippen LogP contribution in [0.3, 0.4) is 0 Å². The van der Waals surface area contributed by atoms with Gasteiger partial charge >= 0.3 is 5.69 Å². The van der Waals surface area contributed by atoms with Crippen LogP contribution in [-0.4, -0.2) is 29.8 Å². The van der Waals surface area contributed by atoms with Crippen molar-refractivity contribution in [2.75, 3.05) is 19.1 Å². The van der Waals surface area contributed by atoms with Crippen molar-refractivity contribution in [2.45, 2.75) is 26.2 Å². The van der Waals surface area contributed by atoms with Crippen molar-refractivity contribution in [1.29, 1.82) is 0 Å². The number of hydrogen-bond acceptors (Lipinski definition) is 8. The molecule has 3 aromatic rings. The van der Waals surface area contributed by atoms with Gasteiger partial charge < -0.3 is 9.47 Å². The van der Waals surface area contributed by atoms with Crippen LogP contribution in [0.1, 0.15) is 31.7 Å². The highest BCUT2D eigenvalue weighted by molar-refractivity contribution is 7.14. The first kappa shape index (κ1) is 23.1. The number of benzene rings is 2. The molecule has 0 atom stereocenters. The van der Waals surface area contributed by atoms with Gasteiger partial charge in [-0.25, -0.2) is 9.37 Å². The fraction of sp³-hybridized carbons (Fsp3) is 0.273. The molecule has 0 aliphatic heterocycles. The molecule has 1 aromatic heterocycles. The third kappa shape index (κ3) is 6.01. The Morgan fingerprint density at radius 1 is 1.28 bits per heavy atom. The Kier molecular flexibility index (Phi) is 8.09. The van der Waals surface area contributed by atoms with Crippen molar-refractivity contribution >= 4 is 28.4 Å². The molecule has 0 fully saturated rings. The summed E-state index contributed by atoms with van der Waals surface area (Å²) in [7, 11) is 1.43. The summed E-state index contributed by atoms with van der Waals surface area (Å²) in [4.78, 5) is 15.5. The lowest BCUT2D eigenvalue weighted by molar-refractivity contribution is -0.386. The molecule has 10 heteroatoms. The van der Waals surface area contributed by atoms with Crippen LogP contribution in [-0.2, 0) is 0 Å². The van der Waals surface area contributed by atoms with Crippen molar-refractivity contribution in [3.8, 4) is 22.8 Å². The average Bonchev–Trinajstić information content (AvgIpc) is 3.26. The van der Waals surface area contributed by atoms with Crippen LogP contribution in [0.4, 0.5) is 15.2 Å². The number of halogens is 1. The molecule has 2 aromatic carbocycles. The molecule has 0 bridgehead atoms. The van der Waals surface area contributed by atoms with E-state index in [2.05, 4.69) is 22.4 Å². The minimum Gasteiger partial charge on any atom is -0.493 e. The summed E-state index contributed by atoms with van der Waals surface area (Å²) in [6.45, 7) is 2.45. The molecule has 8 nitrogen and oxygen atoms in total. The number of unbranched alkanes of at least 4 members (excludes halogenated alkanes) is 2. The predicted molar refractivity (Wildman–Crippen MR) is 123 cm³/mol. The number of nitro groups is 1. The number of rotatable bonds is 11. The number of nitro benzene ring substituents is 1. The van der Waals surface area contributed by atoms with Gasteiger partial charge in [-0.15, -0.1) is 11.3 Å². The molecule has 0 saturated heterocycles. The minimum atomic E-state index is -0.502. The van der Waals surface area contributed by atoms with Gasteiger partial charge in [-0.05, 0) is 36.8 Å². The fourth-order valence-corrected chi connectivity index (χ4v) is 3.55. The Balaban J connectivity index is 1.73. The Bertz CT molecular complexity index is 1090. The highest BCUT2D eigenvalue weighted by Crippen LogP contribution is 2.38. The maximum Gasteiger partial charge on any atom is 0.315 e. The molecule has 0 unspecified atom stereocenters. The van der Waals surface area contributed by atoms with Gasteiger partial charge in [0.15, 0.2) is 5.75 Å². The van der Waals surface area contributed by atoms with E-state index in [1.54, 1.807) is 18.2 Å². The van der Waals surface area contributed by atoms with Crippen molar-refractivity contribution < 1.29 is 18.8 Å². The number of hydrogen-bond donors (Lipinski definition) is 1. The van der Waals surface area contributed by atoms with Crippen LogP contribution in [0.2, 0.25) is 0 Å². The molecule has 32 heavy (non-hydrogen) atoms. The van der Waals surface area contributed by atoms with Crippen molar-refractivity contribution in [3.05, 3.63) is 63.3 Å². The van der Waals surface area contributed by atoms with E-state index in [-0.39, 0.29) is 23.0 Å². The summed E-state index contributed by atoms with van der Waals surface area (Å²) in [6.07, 6.45) is 4.24. The zero-order valence-corrected chi connectivity index (χ0v) is 18.5. The lowest BCUT2D eigenvalue weighted by atomic mass is 10.2. The Hall–Kier alpha value is -3.53. The van der Waals surface area contributed by atoms with E-state index in [9.17, 15) is 14.5 Å². The van der Waals surface area contributed by atoms with Crippen LogP contribution in [0.5, 0.6) is 11.5 Å². The Morgan fingerprint density at radius 3 is 2.75 bits per heavy atom. The summed E-state index contributed by atoms with van der Waals surface area (Å²) in [6, 6.07) is 9.05. The molecule has 0 saturated carbocycles. The van der Waals surface area contributed by atoms with Gasteiger partial charge in [0.25, 0.3) is 0 Å². The zero-order valence-electron chi connectivity index (χ0n) is 17.7. The maximum absolute atomic E-state index is 13.1. The molecular weight excluding hydrogens is 435 g/mol. The number of nitrogens with one attached hydrogen (secondary N) is 1. The van der Waals surface area contributed by atoms with E-state index in [4.69, 9.17) is 9.47 Å². The maximum atomic E-state index is 13.1. The molecule has 0 aliphatic carbocycles. The second-order valence-corrected chi connectivity index (χ2v) is 7.66. The van der Waals surface area contributed by atoms with Crippen LogP contribution in [0, 0.1) is 15.9 Å². The van der Waals surface area contributed by atoms with Crippen LogP contribution in [0.15, 0.2) is 46.9 Å². The second-order valence-electron chi connectivity index (χ2n) is 6.80. The second kappa shape index (κ2) is 11.2. The van der Waals surface area contributed by atoms with Gasteiger partial charge in [-0.1, -0.05) is 19.8 Å². The topological polar surface area (TPSA) is 98.9 Å². The summed E-state index contributed by atoms with van der Waals surface area (Å²) < 4.78 is 24.0.